The molecule has 1 aliphatic rings. The van der Waals surface area contributed by atoms with Crippen molar-refractivity contribution < 1.29 is 14.7 Å². The molecule has 1 N–H and O–H groups in total. The number of carboxylic acid groups (broad SMARTS) is 1. The maximum atomic E-state index is 10.5. The fourth-order valence-corrected chi connectivity index (χ4v) is 0.536. The van der Waals surface area contributed by atoms with Crippen LogP contribution in [0.4, 0.5) is 0 Å². The molecule has 1 rings (SSSR count). The molecule has 1 fully saturated rings. The molecule has 1 aliphatic carbocycles. The van der Waals surface area contributed by atoms with Gasteiger partial charge in [0.1, 0.15) is 12.2 Å². The topological polar surface area (TPSA) is 54.4 Å². The van der Waals surface area contributed by atoms with E-state index >= 15 is 0 Å². The number of carbonyl (C=O) groups excluding carboxylic acids is 1. The van der Waals surface area contributed by atoms with Crippen molar-refractivity contribution in [3.63, 3.8) is 0 Å². The van der Waals surface area contributed by atoms with Crippen LogP contribution in [0.2, 0.25) is 0 Å². The van der Waals surface area contributed by atoms with Crippen molar-refractivity contribution in [1.29, 1.82) is 0 Å². The van der Waals surface area contributed by atoms with Gasteiger partial charge in [0, 0.05) is 6.42 Å². The lowest BCUT2D eigenvalue weighted by molar-refractivity contribution is -0.140. The molecule has 0 aromatic heterocycles. The molecule has 0 amide bonds. The number of rotatable bonds is 4. The normalized spacial score (nSPS) is 12.8. The van der Waals surface area contributed by atoms with Crippen molar-refractivity contribution in [1.82, 2.24) is 0 Å². The average Bonchev–Trinajstić information content (AvgIpc) is 2.68. The van der Waals surface area contributed by atoms with E-state index in [1.807, 2.05) is 6.92 Å². The summed E-state index contributed by atoms with van der Waals surface area (Å²) in [6.07, 6.45) is 5.28. The zero-order valence-electron chi connectivity index (χ0n) is 7.51. The fourth-order valence-electron chi connectivity index (χ4n) is 0.536. The van der Waals surface area contributed by atoms with Crippen LogP contribution in [0.15, 0.2) is 0 Å². The number of carbonyl (C=O) groups is 2. The highest BCUT2D eigenvalue weighted by molar-refractivity contribution is 5.94. The maximum absolute atomic E-state index is 10.5. The summed E-state index contributed by atoms with van der Waals surface area (Å²) in [5.41, 5.74) is 0. The lowest BCUT2D eigenvalue weighted by Gasteiger charge is -1.90. The minimum Gasteiger partial charge on any atom is -0.481 e. The smallest absolute Gasteiger partial charge is 0.310 e. The van der Waals surface area contributed by atoms with E-state index in [2.05, 4.69) is 0 Å². The highest BCUT2D eigenvalue weighted by atomic mass is 16.4. The van der Waals surface area contributed by atoms with Crippen molar-refractivity contribution in [2.45, 2.75) is 45.4 Å². The molecule has 0 heterocycles. The molecule has 0 bridgehead atoms. The second-order valence-corrected chi connectivity index (χ2v) is 2.92. The van der Waals surface area contributed by atoms with Gasteiger partial charge in [-0.05, 0) is 6.42 Å². The Kier molecular flexibility index (Phi) is 6.34. The predicted molar refractivity (Wildman–Crippen MR) is 46.0 cm³/mol. The van der Waals surface area contributed by atoms with Crippen LogP contribution in [0.1, 0.15) is 45.4 Å². The highest BCUT2D eigenvalue weighted by Gasteiger charge is 2.04. The molecular formula is C9H16O3. The van der Waals surface area contributed by atoms with Crippen LogP contribution in [0.25, 0.3) is 0 Å². The molecule has 1 saturated carbocycles. The van der Waals surface area contributed by atoms with E-state index in [1.165, 1.54) is 19.3 Å². The third-order valence-corrected chi connectivity index (χ3v) is 1.23. The van der Waals surface area contributed by atoms with E-state index in [0.717, 1.165) is 6.42 Å². The SMILES string of the molecule is C1CC1.CCCC(=O)CC(=O)O. The minimum absolute atomic E-state index is 0.190. The molecule has 0 aromatic carbocycles. The first-order chi connectivity index (χ1) is 5.66. The van der Waals surface area contributed by atoms with Gasteiger partial charge < -0.3 is 5.11 Å². The standard InChI is InChI=1S/C6H10O3.C3H6/c1-2-3-5(7)4-6(8)9;1-2-3-1/h2-4H2,1H3,(H,8,9);1-3H2. The van der Waals surface area contributed by atoms with Crippen molar-refractivity contribution >= 4 is 11.8 Å². The van der Waals surface area contributed by atoms with Gasteiger partial charge in [-0.1, -0.05) is 26.2 Å². The number of Topliss-reactive ketones (excluding diaryl/α,β-unsaturated/α-hetero) is 1. The molecule has 0 aromatic rings. The van der Waals surface area contributed by atoms with E-state index in [-0.39, 0.29) is 12.2 Å². The number of aliphatic carboxylic acids is 1. The van der Waals surface area contributed by atoms with Gasteiger partial charge in [-0.25, -0.2) is 0 Å². The van der Waals surface area contributed by atoms with Crippen LogP contribution in [-0.2, 0) is 9.59 Å². The van der Waals surface area contributed by atoms with Crippen molar-refractivity contribution in [2.24, 2.45) is 0 Å². The van der Waals surface area contributed by atoms with Crippen molar-refractivity contribution in [3.05, 3.63) is 0 Å². The third kappa shape index (κ3) is 11.9. The molecule has 3 heteroatoms. The van der Waals surface area contributed by atoms with Gasteiger partial charge in [-0.3, -0.25) is 9.59 Å². The molecular weight excluding hydrogens is 156 g/mol. The zero-order chi connectivity index (χ0) is 9.40. The van der Waals surface area contributed by atoms with Crippen LogP contribution in [0.5, 0.6) is 0 Å². The van der Waals surface area contributed by atoms with Gasteiger partial charge in [0.05, 0.1) is 0 Å². The Morgan fingerprint density at radius 2 is 1.75 bits per heavy atom. The summed E-state index contributed by atoms with van der Waals surface area (Å²) < 4.78 is 0. The minimum atomic E-state index is -1.03. The molecule has 0 atom stereocenters. The largest absolute Gasteiger partial charge is 0.481 e. The van der Waals surface area contributed by atoms with Crippen LogP contribution >= 0.6 is 0 Å². The molecule has 0 aliphatic heterocycles. The van der Waals surface area contributed by atoms with Gasteiger partial charge in [0.15, 0.2) is 0 Å². The Morgan fingerprint density at radius 1 is 1.25 bits per heavy atom. The maximum Gasteiger partial charge on any atom is 0.310 e. The summed E-state index contributed by atoms with van der Waals surface area (Å²) in [5.74, 6) is -1.22. The average molecular weight is 172 g/mol. The van der Waals surface area contributed by atoms with E-state index in [0.29, 0.717) is 6.42 Å². The van der Waals surface area contributed by atoms with Gasteiger partial charge in [-0.2, -0.15) is 0 Å². The summed E-state index contributed by atoms with van der Waals surface area (Å²) in [5, 5.41) is 8.09. The first-order valence-corrected chi connectivity index (χ1v) is 4.40. The van der Waals surface area contributed by atoms with E-state index in [4.69, 9.17) is 5.11 Å². The monoisotopic (exact) mass is 172 g/mol. The van der Waals surface area contributed by atoms with Crippen LogP contribution < -0.4 is 0 Å². The quantitative estimate of drug-likeness (QED) is 0.660. The second-order valence-electron chi connectivity index (χ2n) is 2.92. The Hall–Kier alpha value is -0.860. The first kappa shape index (κ1) is 11.1. The summed E-state index contributed by atoms with van der Waals surface area (Å²) in [7, 11) is 0. The predicted octanol–water partition coefficient (Wildman–Crippen LogP) is 2.00. The lowest BCUT2D eigenvalue weighted by Crippen LogP contribution is -2.05. The molecule has 0 spiro atoms. The molecule has 3 nitrogen and oxygen atoms in total. The van der Waals surface area contributed by atoms with Crippen molar-refractivity contribution in [2.75, 3.05) is 0 Å². The van der Waals surface area contributed by atoms with E-state index in [9.17, 15) is 9.59 Å². The molecule has 0 radical (unpaired) electrons. The lowest BCUT2D eigenvalue weighted by atomic mass is 10.2. The Morgan fingerprint density at radius 3 is 2.00 bits per heavy atom. The van der Waals surface area contributed by atoms with Gasteiger partial charge >= 0.3 is 5.97 Å². The van der Waals surface area contributed by atoms with E-state index < -0.39 is 5.97 Å². The number of hydrogen-bond donors (Lipinski definition) is 1. The van der Waals surface area contributed by atoms with Gasteiger partial charge in [-0.15, -0.1) is 0 Å². The van der Waals surface area contributed by atoms with Gasteiger partial charge in [0.2, 0.25) is 0 Å². The number of ketones is 1. The van der Waals surface area contributed by atoms with Crippen LogP contribution in [0.3, 0.4) is 0 Å². The van der Waals surface area contributed by atoms with Crippen LogP contribution in [0, 0.1) is 0 Å². The Balaban J connectivity index is 0.000000330. The third-order valence-electron chi connectivity index (χ3n) is 1.23. The fraction of sp³-hybridized carbons (Fsp3) is 0.778. The Labute approximate surface area is 72.8 Å². The first-order valence-electron chi connectivity index (χ1n) is 4.40. The summed E-state index contributed by atoms with van der Waals surface area (Å²) >= 11 is 0. The van der Waals surface area contributed by atoms with Crippen molar-refractivity contribution in [3.8, 4) is 0 Å². The second kappa shape index (κ2) is 6.83. The van der Waals surface area contributed by atoms with E-state index in [1.54, 1.807) is 0 Å². The molecule has 12 heavy (non-hydrogen) atoms. The van der Waals surface area contributed by atoms with Gasteiger partial charge in [0.25, 0.3) is 0 Å². The molecule has 0 saturated heterocycles. The summed E-state index contributed by atoms with van der Waals surface area (Å²) in [6, 6.07) is 0. The van der Waals surface area contributed by atoms with Crippen LogP contribution in [-0.4, -0.2) is 16.9 Å². The number of hydrogen-bond acceptors (Lipinski definition) is 2. The zero-order valence-corrected chi connectivity index (χ0v) is 7.51. The number of carboxylic acids is 1. The molecule has 70 valence electrons. The highest BCUT2D eigenvalue weighted by Crippen LogP contribution is 2.14. The Bertz CT molecular complexity index is 147. The summed E-state index contributed by atoms with van der Waals surface area (Å²) in [6.45, 7) is 1.85. The molecule has 0 unspecified atom stereocenters. The summed E-state index contributed by atoms with van der Waals surface area (Å²) in [4.78, 5) is 20.3.